The molecular formula is C18H17N9O. The fourth-order valence-corrected chi connectivity index (χ4v) is 3.24. The third kappa shape index (κ3) is 2.66. The molecule has 0 radical (unpaired) electrons. The van der Waals surface area contributed by atoms with Crippen LogP contribution >= 0.6 is 0 Å². The van der Waals surface area contributed by atoms with Crippen LogP contribution < -0.4 is 4.90 Å². The van der Waals surface area contributed by atoms with E-state index in [1.54, 1.807) is 21.8 Å². The third-order valence-electron chi connectivity index (χ3n) is 4.95. The van der Waals surface area contributed by atoms with Gasteiger partial charge in [0.25, 0.3) is 5.91 Å². The summed E-state index contributed by atoms with van der Waals surface area (Å²) in [6.45, 7) is 1.42. The Morgan fingerprint density at radius 2 is 2.07 bits per heavy atom. The van der Waals surface area contributed by atoms with Crippen LogP contribution in [0.2, 0.25) is 0 Å². The lowest BCUT2D eigenvalue weighted by Crippen LogP contribution is -2.60. The molecule has 10 nitrogen and oxygen atoms in total. The van der Waals surface area contributed by atoms with Gasteiger partial charge in [0, 0.05) is 38.1 Å². The fourth-order valence-electron chi connectivity index (χ4n) is 3.24. The van der Waals surface area contributed by atoms with E-state index < -0.39 is 0 Å². The second-order valence-corrected chi connectivity index (χ2v) is 6.67. The highest BCUT2D eigenvalue weighted by molar-refractivity contribution is 5.92. The standard InChI is InChI=1S/C18H17N9O/c1-25(18(28)14-8-20-11-21-14)13-9-26(10-13)16-5-4-15-22-23-17(27(15)24-16)12-3-2-6-19-7-12/h2-8,11,13H,9-10H2,1H3,(H,20,21). The van der Waals surface area contributed by atoms with E-state index in [1.165, 1.54) is 12.5 Å². The molecule has 10 heteroatoms. The summed E-state index contributed by atoms with van der Waals surface area (Å²) >= 11 is 0. The van der Waals surface area contributed by atoms with E-state index in [0.717, 1.165) is 11.4 Å². The number of nitrogens with zero attached hydrogens (tertiary/aromatic N) is 8. The maximum absolute atomic E-state index is 12.4. The molecule has 4 aromatic rings. The van der Waals surface area contributed by atoms with Gasteiger partial charge in [-0.2, -0.15) is 4.52 Å². The number of H-pyrrole nitrogens is 1. The van der Waals surface area contributed by atoms with Crippen LogP contribution in [0, 0.1) is 0 Å². The molecule has 1 amide bonds. The van der Waals surface area contributed by atoms with Crippen molar-refractivity contribution < 1.29 is 4.79 Å². The normalized spacial score (nSPS) is 14.2. The molecule has 28 heavy (non-hydrogen) atoms. The zero-order valence-corrected chi connectivity index (χ0v) is 15.1. The molecular weight excluding hydrogens is 358 g/mol. The van der Waals surface area contributed by atoms with Crippen molar-refractivity contribution in [3.05, 3.63) is 54.9 Å². The molecule has 1 aliphatic rings. The van der Waals surface area contributed by atoms with Crippen LogP contribution in [0.15, 0.2) is 49.2 Å². The first-order valence-electron chi connectivity index (χ1n) is 8.84. The zero-order chi connectivity index (χ0) is 19.1. The first-order chi connectivity index (χ1) is 13.7. The number of fused-ring (bicyclic) bond motifs is 1. The lowest BCUT2D eigenvalue weighted by molar-refractivity contribution is 0.0699. The van der Waals surface area contributed by atoms with E-state index in [0.29, 0.717) is 30.3 Å². The predicted molar refractivity (Wildman–Crippen MR) is 101 cm³/mol. The van der Waals surface area contributed by atoms with Gasteiger partial charge in [0.05, 0.1) is 18.6 Å². The molecule has 0 saturated carbocycles. The third-order valence-corrected chi connectivity index (χ3v) is 4.95. The van der Waals surface area contributed by atoms with Crippen molar-refractivity contribution >= 4 is 17.4 Å². The molecule has 1 N–H and O–H groups in total. The number of nitrogens with one attached hydrogen (secondary N) is 1. The minimum absolute atomic E-state index is 0.0664. The number of carbonyl (C=O) groups excluding carboxylic acids is 1. The molecule has 0 atom stereocenters. The summed E-state index contributed by atoms with van der Waals surface area (Å²) < 4.78 is 1.72. The molecule has 0 aliphatic carbocycles. The Morgan fingerprint density at radius 3 is 2.82 bits per heavy atom. The zero-order valence-electron chi connectivity index (χ0n) is 15.1. The maximum atomic E-state index is 12.4. The van der Waals surface area contributed by atoms with Crippen LogP contribution in [0.5, 0.6) is 0 Å². The Hall–Kier alpha value is -3.82. The van der Waals surface area contributed by atoms with E-state index in [-0.39, 0.29) is 11.9 Å². The van der Waals surface area contributed by atoms with Crippen LogP contribution in [0.3, 0.4) is 0 Å². The minimum Gasteiger partial charge on any atom is -0.351 e. The second kappa shape index (κ2) is 6.41. The number of rotatable bonds is 4. The molecule has 1 fully saturated rings. The van der Waals surface area contributed by atoms with Gasteiger partial charge < -0.3 is 14.8 Å². The molecule has 0 unspecified atom stereocenters. The maximum Gasteiger partial charge on any atom is 0.272 e. The molecule has 1 saturated heterocycles. The van der Waals surface area contributed by atoms with Gasteiger partial charge in [0.15, 0.2) is 11.5 Å². The van der Waals surface area contributed by atoms with Gasteiger partial charge in [0.1, 0.15) is 11.5 Å². The van der Waals surface area contributed by atoms with Crippen molar-refractivity contribution in [2.45, 2.75) is 6.04 Å². The second-order valence-electron chi connectivity index (χ2n) is 6.67. The molecule has 4 aromatic heterocycles. The highest BCUT2D eigenvalue weighted by Crippen LogP contribution is 2.24. The first kappa shape index (κ1) is 16.4. The number of carbonyl (C=O) groups is 1. The Labute approximate surface area is 159 Å². The Bertz CT molecular complexity index is 1120. The number of hydrogen-bond donors (Lipinski definition) is 1. The SMILES string of the molecule is CN(C(=O)c1cnc[nH]1)C1CN(c2ccc3nnc(-c4cccnc4)n3n2)C1. The van der Waals surface area contributed by atoms with Crippen molar-refractivity contribution in [1.82, 2.24) is 39.7 Å². The smallest absolute Gasteiger partial charge is 0.272 e. The van der Waals surface area contributed by atoms with Gasteiger partial charge in [0.2, 0.25) is 0 Å². The molecule has 5 heterocycles. The van der Waals surface area contributed by atoms with Gasteiger partial charge in [-0.1, -0.05) is 0 Å². The molecule has 5 rings (SSSR count). The minimum atomic E-state index is -0.0664. The quantitative estimate of drug-likeness (QED) is 0.564. The van der Waals surface area contributed by atoms with Crippen LogP contribution in [-0.2, 0) is 0 Å². The van der Waals surface area contributed by atoms with Crippen molar-refractivity contribution in [2.24, 2.45) is 0 Å². The van der Waals surface area contributed by atoms with Gasteiger partial charge in [-0.3, -0.25) is 9.78 Å². The number of aromatic amines is 1. The van der Waals surface area contributed by atoms with E-state index in [9.17, 15) is 4.79 Å². The Morgan fingerprint density at radius 1 is 1.18 bits per heavy atom. The average Bonchev–Trinajstić information content (AvgIpc) is 3.36. The molecule has 0 spiro atoms. The van der Waals surface area contributed by atoms with Gasteiger partial charge in [-0.25, -0.2) is 4.98 Å². The van der Waals surface area contributed by atoms with Crippen molar-refractivity contribution in [1.29, 1.82) is 0 Å². The predicted octanol–water partition coefficient (Wildman–Crippen LogP) is 0.870. The Kier molecular flexibility index (Phi) is 3.75. The average molecular weight is 375 g/mol. The number of anilines is 1. The topological polar surface area (TPSA) is 108 Å². The summed E-state index contributed by atoms with van der Waals surface area (Å²) in [5.74, 6) is 1.40. The lowest BCUT2D eigenvalue weighted by atomic mass is 10.1. The number of pyridine rings is 1. The van der Waals surface area contributed by atoms with Crippen molar-refractivity contribution in [3.63, 3.8) is 0 Å². The van der Waals surface area contributed by atoms with Crippen LogP contribution in [0.4, 0.5) is 5.82 Å². The fraction of sp³-hybridized carbons (Fsp3) is 0.222. The number of imidazole rings is 1. The largest absolute Gasteiger partial charge is 0.351 e. The number of likely N-dealkylation sites (N-methyl/N-ethyl adjacent to an activating group) is 1. The summed E-state index contributed by atoms with van der Waals surface area (Å²) in [5, 5.41) is 13.1. The van der Waals surface area contributed by atoms with E-state index in [4.69, 9.17) is 5.10 Å². The van der Waals surface area contributed by atoms with Crippen LogP contribution in [0.1, 0.15) is 10.5 Å². The number of hydrogen-bond acceptors (Lipinski definition) is 7. The highest BCUT2D eigenvalue weighted by atomic mass is 16.2. The molecule has 1 aliphatic heterocycles. The Balaban J connectivity index is 1.35. The van der Waals surface area contributed by atoms with Crippen LogP contribution in [-0.4, -0.2) is 71.7 Å². The van der Waals surface area contributed by atoms with Gasteiger partial charge >= 0.3 is 0 Å². The van der Waals surface area contributed by atoms with Gasteiger partial charge in [-0.05, 0) is 24.3 Å². The van der Waals surface area contributed by atoms with E-state index in [2.05, 4.69) is 30.0 Å². The number of aromatic nitrogens is 7. The molecule has 140 valence electrons. The van der Waals surface area contributed by atoms with Gasteiger partial charge in [-0.15, -0.1) is 15.3 Å². The van der Waals surface area contributed by atoms with E-state index in [1.807, 2.05) is 31.3 Å². The van der Waals surface area contributed by atoms with Crippen molar-refractivity contribution in [3.8, 4) is 11.4 Å². The van der Waals surface area contributed by atoms with Crippen molar-refractivity contribution in [2.75, 3.05) is 25.0 Å². The van der Waals surface area contributed by atoms with E-state index >= 15 is 0 Å². The monoisotopic (exact) mass is 375 g/mol. The number of amides is 1. The molecule has 0 aromatic carbocycles. The van der Waals surface area contributed by atoms with Crippen LogP contribution in [0.25, 0.3) is 17.0 Å². The summed E-state index contributed by atoms with van der Waals surface area (Å²) in [7, 11) is 1.81. The highest BCUT2D eigenvalue weighted by Gasteiger charge is 2.34. The summed E-state index contributed by atoms with van der Waals surface area (Å²) in [6, 6.07) is 7.71. The summed E-state index contributed by atoms with van der Waals surface area (Å²) in [4.78, 5) is 27.2. The summed E-state index contributed by atoms with van der Waals surface area (Å²) in [6.07, 6.45) is 6.50. The lowest BCUT2D eigenvalue weighted by Gasteiger charge is -2.44. The summed E-state index contributed by atoms with van der Waals surface area (Å²) in [5.41, 5.74) is 2.02. The first-order valence-corrected chi connectivity index (χ1v) is 8.84. The molecule has 0 bridgehead atoms.